The number of phenols is 1. The molecular formula is C15H13FO3. The van der Waals surface area contributed by atoms with Crippen molar-refractivity contribution in [2.24, 2.45) is 0 Å². The zero-order valence-corrected chi connectivity index (χ0v) is 10.3. The first-order chi connectivity index (χ1) is 9.08. The molecule has 0 saturated heterocycles. The van der Waals surface area contributed by atoms with E-state index in [1.165, 1.54) is 24.3 Å². The second kappa shape index (κ2) is 5.52. The maximum absolute atomic E-state index is 12.8. The van der Waals surface area contributed by atoms with E-state index in [9.17, 15) is 14.3 Å². The zero-order valence-electron chi connectivity index (χ0n) is 10.3. The van der Waals surface area contributed by atoms with Crippen molar-refractivity contribution >= 4 is 5.97 Å². The lowest BCUT2D eigenvalue weighted by Crippen LogP contribution is -2.09. The Balaban J connectivity index is 2.11. The van der Waals surface area contributed by atoms with Gasteiger partial charge in [0, 0.05) is 0 Å². The number of phenolic OH excluding ortho intramolecular Hbond substituents is 1. The molecule has 0 heterocycles. The quantitative estimate of drug-likeness (QED) is 0.860. The standard InChI is InChI=1S/C15H13FO3/c1-10(11-6-8-12(16)9-7-11)19-15(18)13-4-2-3-5-14(13)17/h2-10,17H,1H3. The van der Waals surface area contributed by atoms with E-state index in [4.69, 9.17) is 4.74 Å². The highest BCUT2D eigenvalue weighted by Crippen LogP contribution is 2.22. The Kier molecular flexibility index (Phi) is 3.80. The summed E-state index contributed by atoms with van der Waals surface area (Å²) in [5.41, 5.74) is 0.793. The molecule has 1 atom stereocenters. The lowest BCUT2D eigenvalue weighted by Gasteiger charge is -2.14. The number of rotatable bonds is 3. The number of benzene rings is 2. The predicted octanol–water partition coefficient (Wildman–Crippen LogP) is 3.45. The molecular weight excluding hydrogens is 247 g/mol. The Morgan fingerprint density at radius 1 is 1.16 bits per heavy atom. The Morgan fingerprint density at radius 3 is 2.42 bits per heavy atom. The monoisotopic (exact) mass is 260 g/mol. The van der Waals surface area contributed by atoms with Crippen molar-refractivity contribution in [2.75, 3.05) is 0 Å². The molecule has 0 fully saturated rings. The number of para-hydroxylation sites is 1. The fraction of sp³-hybridized carbons (Fsp3) is 0.133. The molecule has 0 aliphatic carbocycles. The van der Waals surface area contributed by atoms with Gasteiger partial charge in [-0.05, 0) is 36.8 Å². The molecule has 2 aromatic carbocycles. The van der Waals surface area contributed by atoms with E-state index in [1.54, 1.807) is 31.2 Å². The van der Waals surface area contributed by atoms with Crippen LogP contribution in [0, 0.1) is 5.82 Å². The fourth-order valence-corrected chi connectivity index (χ4v) is 1.67. The minimum Gasteiger partial charge on any atom is -0.507 e. The number of esters is 1. The van der Waals surface area contributed by atoms with Crippen molar-refractivity contribution in [1.29, 1.82) is 0 Å². The molecule has 0 saturated carbocycles. The summed E-state index contributed by atoms with van der Waals surface area (Å²) in [5.74, 6) is -1.09. The van der Waals surface area contributed by atoms with E-state index < -0.39 is 12.1 Å². The van der Waals surface area contributed by atoms with Gasteiger partial charge in [-0.25, -0.2) is 9.18 Å². The molecule has 2 rings (SSSR count). The first kappa shape index (κ1) is 13.1. The molecule has 1 unspecified atom stereocenters. The molecule has 0 spiro atoms. The van der Waals surface area contributed by atoms with Crippen LogP contribution in [0.4, 0.5) is 4.39 Å². The normalized spacial score (nSPS) is 11.9. The van der Waals surface area contributed by atoms with Crippen molar-refractivity contribution in [3.05, 3.63) is 65.5 Å². The molecule has 0 bridgehead atoms. The van der Waals surface area contributed by atoms with E-state index >= 15 is 0 Å². The van der Waals surface area contributed by atoms with Crippen molar-refractivity contribution in [3.8, 4) is 5.75 Å². The Hall–Kier alpha value is -2.36. The van der Waals surface area contributed by atoms with Crippen molar-refractivity contribution in [1.82, 2.24) is 0 Å². The smallest absolute Gasteiger partial charge is 0.342 e. The number of halogens is 1. The highest BCUT2D eigenvalue weighted by molar-refractivity contribution is 5.92. The van der Waals surface area contributed by atoms with E-state index in [0.29, 0.717) is 5.56 Å². The van der Waals surface area contributed by atoms with E-state index in [2.05, 4.69) is 0 Å². The summed E-state index contributed by atoms with van der Waals surface area (Å²) < 4.78 is 18.0. The molecule has 0 aliphatic heterocycles. The zero-order chi connectivity index (χ0) is 13.8. The second-order valence-electron chi connectivity index (χ2n) is 4.12. The Bertz CT molecular complexity index is 578. The second-order valence-corrected chi connectivity index (χ2v) is 4.12. The minimum atomic E-state index is -0.616. The molecule has 19 heavy (non-hydrogen) atoms. The summed E-state index contributed by atoms with van der Waals surface area (Å²) in [6.07, 6.45) is -0.521. The van der Waals surface area contributed by atoms with Crippen LogP contribution in [-0.4, -0.2) is 11.1 Å². The summed E-state index contributed by atoms with van der Waals surface area (Å²) in [7, 11) is 0. The van der Waals surface area contributed by atoms with Crippen molar-refractivity contribution < 1.29 is 19.0 Å². The molecule has 98 valence electrons. The third-order valence-corrected chi connectivity index (χ3v) is 2.75. The van der Waals surface area contributed by atoms with E-state index in [0.717, 1.165) is 0 Å². The van der Waals surface area contributed by atoms with Gasteiger partial charge >= 0.3 is 5.97 Å². The van der Waals surface area contributed by atoms with Crippen molar-refractivity contribution in [2.45, 2.75) is 13.0 Å². The van der Waals surface area contributed by atoms with Crippen LogP contribution in [0.1, 0.15) is 28.9 Å². The third kappa shape index (κ3) is 3.10. The molecule has 0 amide bonds. The van der Waals surface area contributed by atoms with Gasteiger partial charge in [-0.1, -0.05) is 24.3 Å². The van der Waals surface area contributed by atoms with Gasteiger partial charge in [0.2, 0.25) is 0 Å². The number of carbonyl (C=O) groups excluding carboxylic acids is 1. The molecule has 0 aliphatic rings. The number of hydrogen-bond acceptors (Lipinski definition) is 3. The van der Waals surface area contributed by atoms with Gasteiger partial charge in [-0.3, -0.25) is 0 Å². The molecule has 2 aromatic rings. The molecule has 1 N–H and O–H groups in total. The van der Waals surface area contributed by atoms with Crippen LogP contribution in [0.2, 0.25) is 0 Å². The highest BCUT2D eigenvalue weighted by atomic mass is 19.1. The summed E-state index contributed by atoms with van der Waals surface area (Å²) in [6, 6.07) is 11.9. The van der Waals surface area contributed by atoms with Gasteiger partial charge < -0.3 is 9.84 Å². The Labute approximate surface area is 110 Å². The first-order valence-corrected chi connectivity index (χ1v) is 5.82. The minimum absolute atomic E-state index is 0.108. The summed E-state index contributed by atoms with van der Waals surface area (Å²) in [5, 5.41) is 9.55. The van der Waals surface area contributed by atoms with Gasteiger partial charge in [-0.15, -0.1) is 0 Å². The van der Waals surface area contributed by atoms with E-state index in [1.807, 2.05) is 0 Å². The first-order valence-electron chi connectivity index (χ1n) is 5.82. The predicted molar refractivity (Wildman–Crippen MR) is 68.3 cm³/mol. The van der Waals surface area contributed by atoms with Gasteiger partial charge in [0.15, 0.2) is 0 Å². The lowest BCUT2D eigenvalue weighted by molar-refractivity contribution is 0.0334. The van der Waals surface area contributed by atoms with Crippen LogP contribution in [0.3, 0.4) is 0 Å². The van der Waals surface area contributed by atoms with Gasteiger partial charge in [0.05, 0.1) is 0 Å². The van der Waals surface area contributed by atoms with Gasteiger partial charge in [0.25, 0.3) is 0 Å². The summed E-state index contributed by atoms with van der Waals surface area (Å²) in [4.78, 5) is 11.9. The number of hydrogen-bond donors (Lipinski definition) is 1. The number of ether oxygens (including phenoxy) is 1. The number of aromatic hydroxyl groups is 1. The van der Waals surface area contributed by atoms with Crippen LogP contribution in [0.25, 0.3) is 0 Å². The third-order valence-electron chi connectivity index (χ3n) is 2.75. The van der Waals surface area contributed by atoms with Crippen LogP contribution in [0.15, 0.2) is 48.5 Å². The summed E-state index contributed by atoms with van der Waals surface area (Å²) >= 11 is 0. The molecule has 3 nitrogen and oxygen atoms in total. The van der Waals surface area contributed by atoms with Crippen LogP contribution in [-0.2, 0) is 4.74 Å². The highest BCUT2D eigenvalue weighted by Gasteiger charge is 2.16. The molecule has 4 heteroatoms. The molecule has 0 radical (unpaired) electrons. The van der Waals surface area contributed by atoms with Crippen LogP contribution >= 0.6 is 0 Å². The van der Waals surface area contributed by atoms with Crippen LogP contribution in [0.5, 0.6) is 5.75 Å². The maximum atomic E-state index is 12.8. The van der Waals surface area contributed by atoms with Crippen LogP contribution < -0.4 is 0 Å². The number of carbonyl (C=O) groups is 1. The van der Waals surface area contributed by atoms with Gasteiger partial charge in [0.1, 0.15) is 23.2 Å². The van der Waals surface area contributed by atoms with E-state index in [-0.39, 0.29) is 17.1 Å². The largest absolute Gasteiger partial charge is 0.507 e. The average Bonchev–Trinajstić information content (AvgIpc) is 2.39. The Morgan fingerprint density at radius 2 is 1.79 bits per heavy atom. The SMILES string of the molecule is CC(OC(=O)c1ccccc1O)c1ccc(F)cc1. The topological polar surface area (TPSA) is 46.5 Å². The van der Waals surface area contributed by atoms with Gasteiger partial charge in [-0.2, -0.15) is 0 Å². The summed E-state index contributed by atoms with van der Waals surface area (Å²) in [6.45, 7) is 1.69. The maximum Gasteiger partial charge on any atom is 0.342 e. The lowest BCUT2D eigenvalue weighted by atomic mass is 10.1. The molecule has 0 aromatic heterocycles. The fourth-order valence-electron chi connectivity index (χ4n) is 1.67. The average molecular weight is 260 g/mol. The van der Waals surface area contributed by atoms with Crippen molar-refractivity contribution in [3.63, 3.8) is 0 Å².